The number of benzene rings is 1. The fraction of sp³-hybridized carbons (Fsp3) is 0.571. The molecule has 1 fully saturated rings. The fourth-order valence-corrected chi connectivity index (χ4v) is 2.41. The molecule has 94 valence electrons. The van der Waals surface area contributed by atoms with Gasteiger partial charge >= 0.3 is 0 Å². The molecule has 1 aliphatic carbocycles. The Balaban J connectivity index is 1.83. The van der Waals surface area contributed by atoms with Crippen molar-refractivity contribution in [1.29, 1.82) is 0 Å². The van der Waals surface area contributed by atoms with Crippen molar-refractivity contribution < 1.29 is 9.47 Å². The zero-order valence-electron chi connectivity index (χ0n) is 10.4. The van der Waals surface area contributed by atoms with Gasteiger partial charge in [0.25, 0.3) is 0 Å². The summed E-state index contributed by atoms with van der Waals surface area (Å²) in [4.78, 5) is 0. The van der Waals surface area contributed by atoms with Gasteiger partial charge in [-0.05, 0) is 30.9 Å². The van der Waals surface area contributed by atoms with Crippen molar-refractivity contribution in [3.63, 3.8) is 0 Å². The fourth-order valence-electron chi connectivity index (χ4n) is 2.41. The van der Waals surface area contributed by atoms with Gasteiger partial charge in [0.15, 0.2) is 0 Å². The van der Waals surface area contributed by atoms with Crippen LogP contribution >= 0.6 is 0 Å². The Morgan fingerprint density at radius 3 is 2.71 bits per heavy atom. The first-order chi connectivity index (χ1) is 8.29. The van der Waals surface area contributed by atoms with E-state index >= 15 is 0 Å². The van der Waals surface area contributed by atoms with Crippen LogP contribution in [0, 0.1) is 5.92 Å². The van der Waals surface area contributed by atoms with Crippen LogP contribution in [0.4, 0.5) is 0 Å². The van der Waals surface area contributed by atoms with Gasteiger partial charge in [-0.15, -0.1) is 0 Å². The van der Waals surface area contributed by atoms with E-state index in [-0.39, 0.29) is 6.04 Å². The molecule has 0 aromatic heterocycles. The summed E-state index contributed by atoms with van der Waals surface area (Å²) in [7, 11) is 1.66. The summed E-state index contributed by atoms with van der Waals surface area (Å²) in [6.45, 7) is 0.595. The van der Waals surface area contributed by atoms with E-state index in [2.05, 4.69) is 0 Å². The number of rotatable bonds is 5. The molecule has 1 unspecified atom stereocenters. The molecule has 1 aromatic rings. The van der Waals surface area contributed by atoms with Crippen LogP contribution in [-0.4, -0.2) is 19.8 Å². The second-order valence-electron chi connectivity index (χ2n) is 4.70. The van der Waals surface area contributed by atoms with E-state index in [0.717, 1.165) is 11.5 Å². The van der Waals surface area contributed by atoms with Crippen molar-refractivity contribution in [2.45, 2.75) is 31.7 Å². The lowest BCUT2D eigenvalue weighted by Crippen LogP contribution is -2.34. The molecule has 3 nitrogen and oxygen atoms in total. The average molecular weight is 235 g/mol. The lowest BCUT2D eigenvalue weighted by Gasteiger charge is -2.19. The minimum atomic E-state index is 0.156. The molecular formula is C14H21NO2. The van der Waals surface area contributed by atoms with Crippen molar-refractivity contribution in [3.8, 4) is 11.5 Å². The van der Waals surface area contributed by atoms with Gasteiger partial charge in [-0.25, -0.2) is 0 Å². The van der Waals surface area contributed by atoms with Gasteiger partial charge in [0.1, 0.15) is 18.1 Å². The smallest absolute Gasteiger partial charge is 0.123 e. The minimum absolute atomic E-state index is 0.156. The Morgan fingerprint density at radius 2 is 2.00 bits per heavy atom. The van der Waals surface area contributed by atoms with Crippen molar-refractivity contribution >= 4 is 0 Å². The molecule has 0 amide bonds. The van der Waals surface area contributed by atoms with Gasteiger partial charge in [0.05, 0.1) is 7.11 Å². The summed E-state index contributed by atoms with van der Waals surface area (Å²) >= 11 is 0. The summed E-state index contributed by atoms with van der Waals surface area (Å²) < 4.78 is 10.9. The molecule has 2 rings (SSSR count). The first-order valence-electron chi connectivity index (χ1n) is 6.32. The Kier molecular flexibility index (Phi) is 4.26. The van der Waals surface area contributed by atoms with Crippen LogP contribution in [0.3, 0.4) is 0 Å². The van der Waals surface area contributed by atoms with E-state index in [4.69, 9.17) is 15.2 Å². The van der Waals surface area contributed by atoms with Crippen LogP contribution in [0.1, 0.15) is 25.7 Å². The molecular weight excluding hydrogens is 214 g/mol. The van der Waals surface area contributed by atoms with Crippen molar-refractivity contribution in [1.82, 2.24) is 0 Å². The molecule has 17 heavy (non-hydrogen) atoms. The maximum absolute atomic E-state index is 6.14. The maximum Gasteiger partial charge on any atom is 0.123 e. The lowest BCUT2D eigenvalue weighted by molar-refractivity contribution is 0.246. The highest BCUT2D eigenvalue weighted by atomic mass is 16.5. The predicted molar refractivity (Wildman–Crippen MR) is 68.4 cm³/mol. The quantitative estimate of drug-likeness (QED) is 0.853. The topological polar surface area (TPSA) is 44.5 Å². The third-order valence-electron chi connectivity index (χ3n) is 3.49. The lowest BCUT2D eigenvalue weighted by atomic mass is 10.00. The second-order valence-corrected chi connectivity index (χ2v) is 4.70. The van der Waals surface area contributed by atoms with E-state index in [1.54, 1.807) is 7.11 Å². The third kappa shape index (κ3) is 3.37. The second kappa shape index (κ2) is 5.92. The van der Waals surface area contributed by atoms with E-state index in [1.807, 2.05) is 24.3 Å². The highest BCUT2D eigenvalue weighted by Crippen LogP contribution is 2.27. The molecule has 0 spiro atoms. The molecule has 0 radical (unpaired) electrons. The van der Waals surface area contributed by atoms with Crippen LogP contribution < -0.4 is 15.2 Å². The molecule has 0 aliphatic heterocycles. The third-order valence-corrected chi connectivity index (χ3v) is 3.49. The van der Waals surface area contributed by atoms with Crippen molar-refractivity contribution in [3.05, 3.63) is 24.3 Å². The van der Waals surface area contributed by atoms with Gasteiger partial charge in [-0.1, -0.05) is 18.9 Å². The van der Waals surface area contributed by atoms with Gasteiger partial charge in [-0.3, -0.25) is 0 Å². The molecule has 3 heteroatoms. The number of nitrogens with two attached hydrogens (primary N) is 1. The molecule has 0 saturated heterocycles. The summed E-state index contributed by atoms with van der Waals surface area (Å²) in [6.07, 6.45) is 5.14. The predicted octanol–water partition coefficient (Wildman–Crippen LogP) is 2.59. The van der Waals surface area contributed by atoms with E-state index in [0.29, 0.717) is 12.5 Å². The van der Waals surface area contributed by atoms with Gasteiger partial charge in [0, 0.05) is 12.1 Å². The van der Waals surface area contributed by atoms with Gasteiger partial charge in [-0.2, -0.15) is 0 Å². The largest absolute Gasteiger partial charge is 0.497 e. The first-order valence-corrected chi connectivity index (χ1v) is 6.32. The zero-order valence-corrected chi connectivity index (χ0v) is 10.4. The number of hydrogen-bond donors (Lipinski definition) is 1. The Morgan fingerprint density at radius 1 is 1.29 bits per heavy atom. The molecule has 1 saturated carbocycles. The standard InChI is InChI=1S/C14H21NO2/c1-16-12-7-4-8-13(9-12)17-10-14(15)11-5-2-3-6-11/h4,7-9,11,14H,2-3,5-6,10,15H2,1H3. The molecule has 0 bridgehead atoms. The number of ether oxygens (including phenoxy) is 2. The molecule has 1 aromatic carbocycles. The van der Waals surface area contributed by atoms with Gasteiger partial charge in [0.2, 0.25) is 0 Å². The van der Waals surface area contributed by atoms with Crippen molar-refractivity contribution in [2.24, 2.45) is 11.7 Å². The monoisotopic (exact) mass is 235 g/mol. The SMILES string of the molecule is COc1cccc(OCC(N)C2CCCC2)c1. The molecule has 1 atom stereocenters. The van der Waals surface area contributed by atoms with Crippen LogP contribution in [0.15, 0.2) is 24.3 Å². The minimum Gasteiger partial charge on any atom is -0.497 e. The van der Waals surface area contributed by atoms with Crippen LogP contribution in [0.5, 0.6) is 11.5 Å². The molecule has 0 heterocycles. The Hall–Kier alpha value is -1.22. The zero-order chi connectivity index (χ0) is 12.1. The first kappa shape index (κ1) is 12.2. The summed E-state index contributed by atoms with van der Waals surface area (Å²) in [5, 5.41) is 0. The van der Waals surface area contributed by atoms with Crippen LogP contribution in [0.2, 0.25) is 0 Å². The average Bonchev–Trinajstić information content (AvgIpc) is 2.90. The number of hydrogen-bond acceptors (Lipinski definition) is 3. The summed E-state index contributed by atoms with van der Waals surface area (Å²) in [6, 6.07) is 7.81. The van der Waals surface area contributed by atoms with E-state index < -0.39 is 0 Å². The van der Waals surface area contributed by atoms with E-state index in [9.17, 15) is 0 Å². The summed E-state index contributed by atoms with van der Waals surface area (Å²) in [5.74, 6) is 2.29. The molecule has 2 N–H and O–H groups in total. The summed E-state index contributed by atoms with van der Waals surface area (Å²) in [5.41, 5.74) is 6.14. The van der Waals surface area contributed by atoms with Gasteiger partial charge < -0.3 is 15.2 Å². The highest BCUT2D eigenvalue weighted by Gasteiger charge is 2.22. The van der Waals surface area contributed by atoms with E-state index in [1.165, 1.54) is 25.7 Å². The maximum atomic E-state index is 6.14. The Bertz CT molecular complexity index is 348. The highest BCUT2D eigenvalue weighted by molar-refractivity contribution is 5.32. The normalized spacial score (nSPS) is 18.0. The number of methoxy groups -OCH3 is 1. The molecule has 1 aliphatic rings. The van der Waals surface area contributed by atoms with Crippen molar-refractivity contribution in [2.75, 3.05) is 13.7 Å². The Labute approximate surface area is 103 Å². The van der Waals surface area contributed by atoms with Crippen LogP contribution in [-0.2, 0) is 0 Å². The van der Waals surface area contributed by atoms with Crippen LogP contribution in [0.25, 0.3) is 0 Å².